The standard InChI is InChI=1S/C17H27N3S/c1-2-4-18-5-3-15-19-20-17(21-15)16-13-7-11-6-12(9-13)10-14(16)8-11/h11-14,16,18H,2-10H2,1H3. The van der Waals surface area contributed by atoms with E-state index in [1.54, 1.807) is 0 Å². The van der Waals surface area contributed by atoms with Gasteiger partial charge in [-0.1, -0.05) is 6.92 Å². The van der Waals surface area contributed by atoms with E-state index in [1.807, 2.05) is 11.3 Å². The summed E-state index contributed by atoms with van der Waals surface area (Å²) in [5, 5.41) is 15.1. The predicted molar refractivity (Wildman–Crippen MR) is 86.6 cm³/mol. The Morgan fingerprint density at radius 2 is 1.71 bits per heavy atom. The third kappa shape index (κ3) is 2.77. The number of hydrogen-bond acceptors (Lipinski definition) is 4. The molecule has 1 aromatic rings. The van der Waals surface area contributed by atoms with Crippen LogP contribution in [0.3, 0.4) is 0 Å². The summed E-state index contributed by atoms with van der Waals surface area (Å²) >= 11 is 1.91. The summed E-state index contributed by atoms with van der Waals surface area (Å²) in [5.41, 5.74) is 0. The minimum atomic E-state index is 0.757. The summed E-state index contributed by atoms with van der Waals surface area (Å²) in [6, 6.07) is 0. The molecular formula is C17H27N3S. The molecule has 0 atom stereocenters. The van der Waals surface area contributed by atoms with E-state index < -0.39 is 0 Å². The minimum absolute atomic E-state index is 0.757. The second-order valence-corrected chi connectivity index (χ2v) is 8.58. The summed E-state index contributed by atoms with van der Waals surface area (Å²) < 4.78 is 0. The number of aromatic nitrogens is 2. The van der Waals surface area contributed by atoms with Gasteiger partial charge in [0, 0.05) is 18.9 Å². The van der Waals surface area contributed by atoms with Crippen LogP contribution in [0.1, 0.15) is 61.4 Å². The molecule has 4 heteroatoms. The van der Waals surface area contributed by atoms with E-state index in [1.165, 1.54) is 48.5 Å². The maximum atomic E-state index is 4.60. The van der Waals surface area contributed by atoms with Crippen LogP contribution in [0.2, 0.25) is 0 Å². The van der Waals surface area contributed by atoms with Gasteiger partial charge < -0.3 is 5.32 Å². The molecule has 4 aliphatic carbocycles. The quantitative estimate of drug-likeness (QED) is 0.816. The highest BCUT2D eigenvalue weighted by molar-refractivity contribution is 7.11. The van der Waals surface area contributed by atoms with Crippen molar-refractivity contribution < 1.29 is 0 Å². The zero-order chi connectivity index (χ0) is 14.2. The van der Waals surface area contributed by atoms with E-state index in [-0.39, 0.29) is 0 Å². The van der Waals surface area contributed by atoms with Crippen LogP contribution < -0.4 is 5.32 Å². The molecule has 1 N–H and O–H groups in total. The maximum absolute atomic E-state index is 4.60. The Bertz CT molecular complexity index is 456. The highest BCUT2D eigenvalue weighted by Crippen LogP contribution is 2.59. The molecule has 0 radical (unpaired) electrons. The smallest absolute Gasteiger partial charge is 0.121 e. The number of nitrogens with zero attached hydrogens (tertiary/aromatic N) is 2. The van der Waals surface area contributed by atoms with Crippen molar-refractivity contribution in [3.8, 4) is 0 Å². The maximum Gasteiger partial charge on any atom is 0.121 e. The molecule has 4 aliphatic rings. The Morgan fingerprint density at radius 1 is 1.00 bits per heavy atom. The highest BCUT2D eigenvalue weighted by Gasteiger charge is 2.49. The van der Waals surface area contributed by atoms with Gasteiger partial charge in [-0.15, -0.1) is 21.5 Å². The topological polar surface area (TPSA) is 37.8 Å². The van der Waals surface area contributed by atoms with Gasteiger partial charge in [-0.05, 0) is 68.7 Å². The van der Waals surface area contributed by atoms with Crippen molar-refractivity contribution in [2.75, 3.05) is 13.1 Å². The first-order chi connectivity index (χ1) is 10.3. The zero-order valence-corrected chi connectivity index (χ0v) is 13.9. The molecular weight excluding hydrogens is 278 g/mol. The molecule has 0 aliphatic heterocycles. The van der Waals surface area contributed by atoms with E-state index in [0.717, 1.165) is 49.1 Å². The monoisotopic (exact) mass is 305 g/mol. The van der Waals surface area contributed by atoms with Gasteiger partial charge in [0.2, 0.25) is 0 Å². The second-order valence-electron chi connectivity index (χ2n) is 7.49. The number of nitrogens with one attached hydrogen (secondary N) is 1. The van der Waals surface area contributed by atoms with Crippen LogP contribution in [0, 0.1) is 23.7 Å². The van der Waals surface area contributed by atoms with Gasteiger partial charge in [-0.3, -0.25) is 0 Å². The first kappa shape index (κ1) is 14.1. The lowest BCUT2D eigenvalue weighted by atomic mass is 9.52. The fourth-order valence-corrected chi connectivity index (χ4v) is 6.46. The number of hydrogen-bond donors (Lipinski definition) is 1. The molecule has 1 heterocycles. The van der Waals surface area contributed by atoms with E-state index in [0.29, 0.717) is 0 Å². The van der Waals surface area contributed by atoms with Crippen LogP contribution in [0.25, 0.3) is 0 Å². The Kier molecular flexibility index (Phi) is 4.01. The van der Waals surface area contributed by atoms with Crippen LogP contribution in [0.15, 0.2) is 0 Å². The van der Waals surface area contributed by atoms with Gasteiger partial charge >= 0.3 is 0 Å². The van der Waals surface area contributed by atoms with Crippen molar-refractivity contribution in [1.82, 2.24) is 15.5 Å². The van der Waals surface area contributed by atoms with Gasteiger partial charge in [-0.25, -0.2) is 0 Å². The molecule has 4 fully saturated rings. The van der Waals surface area contributed by atoms with Crippen LogP contribution in [0.4, 0.5) is 0 Å². The molecule has 5 rings (SSSR count). The van der Waals surface area contributed by atoms with Crippen molar-refractivity contribution in [3.05, 3.63) is 10.0 Å². The van der Waals surface area contributed by atoms with Gasteiger partial charge in [0.15, 0.2) is 0 Å². The molecule has 4 saturated carbocycles. The summed E-state index contributed by atoms with van der Waals surface area (Å²) in [5.74, 6) is 4.72. The molecule has 116 valence electrons. The average Bonchev–Trinajstić information content (AvgIpc) is 2.91. The van der Waals surface area contributed by atoms with E-state index >= 15 is 0 Å². The molecule has 0 spiro atoms. The lowest BCUT2D eigenvalue weighted by Gasteiger charge is -2.53. The Hall–Kier alpha value is -0.480. The van der Waals surface area contributed by atoms with Crippen LogP contribution in [-0.2, 0) is 6.42 Å². The molecule has 4 bridgehead atoms. The predicted octanol–water partition coefficient (Wildman–Crippen LogP) is 3.62. The summed E-state index contributed by atoms with van der Waals surface area (Å²) in [4.78, 5) is 0. The SMILES string of the molecule is CCCNCCc1nnc(C2C3CC4CC(C3)CC2C4)s1. The molecule has 3 nitrogen and oxygen atoms in total. The molecule has 0 saturated heterocycles. The third-order valence-electron chi connectivity index (χ3n) is 5.94. The normalized spacial score (nSPS) is 37.3. The Balaban J connectivity index is 1.41. The van der Waals surface area contributed by atoms with E-state index in [2.05, 4.69) is 22.4 Å². The van der Waals surface area contributed by atoms with Crippen LogP contribution >= 0.6 is 11.3 Å². The largest absolute Gasteiger partial charge is 0.316 e. The van der Waals surface area contributed by atoms with Crippen LogP contribution in [0.5, 0.6) is 0 Å². The first-order valence-electron chi connectivity index (χ1n) is 8.86. The average molecular weight is 305 g/mol. The minimum Gasteiger partial charge on any atom is -0.316 e. The van der Waals surface area contributed by atoms with Crippen molar-refractivity contribution in [2.45, 2.75) is 57.8 Å². The van der Waals surface area contributed by atoms with Crippen molar-refractivity contribution >= 4 is 11.3 Å². The fraction of sp³-hybridized carbons (Fsp3) is 0.882. The Morgan fingerprint density at radius 3 is 2.38 bits per heavy atom. The van der Waals surface area contributed by atoms with E-state index in [4.69, 9.17) is 0 Å². The summed E-state index contributed by atoms with van der Waals surface area (Å²) in [6.07, 6.45) is 9.69. The third-order valence-corrected chi connectivity index (χ3v) is 7.02. The van der Waals surface area contributed by atoms with Crippen molar-refractivity contribution in [2.24, 2.45) is 23.7 Å². The lowest BCUT2D eigenvalue weighted by Crippen LogP contribution is -2.43. The number of rotatable bonds is 6. The highest BCUT2D eigenvalue weighted by atomic mass is 32.1. The molecule has 0 unspecified atom stereocenters. The zero-order valence-electron chi connectivity index (χ0n) is 13.1. The summed E-state index contributed by atoms with van der Waals surface area (Å²) in [7, 11) is 0. The molecule has 1 aromatic heterocycles. The molecule has 0 amide bonds. The first-order valence-corrected chi connectivity index (χ1v) is 9.68. The fourth-order valence-electron chi connectivity index (χ4n) is 5.33. The van der Waals surface area contributed by atoms with Gasteiger partial charge in [0.1, 0.15) is 10.0 Å². The van der Waals surface area contributed by atoms with Gasteiger partial charge in [0.05, 0.1) is 0 Å². The van der Waals surface area contributed by atoms with E-state index in [9.17, 15) is 0 Å². The van der Waals surface area contributed by atoms with Gasteiger partial charge in [-0.2, -0.15) is 0 Å². The van der Waals surface area contributed by atoms with Crippen molar-refractivity contribution in [1.29, 1.82) is 0 Å². The van der Waals surface area contributed by atoms with Gasteiger partial charge in [0.25, 0.3) is 0 Å². The lowest BCUT2D eigenvalue weighted by molar-refractivity contribution is -0.00303. The second kappa shape index (κ2) is 5.96. The molecule has 21 heavy (non-hydrogen) atoms. The molecule has 0 aromatic carbocycles. The van der Waals surface area contributed by atoms with Crippen LogP contribution in [-0.4, -0.2) is 23.3 Å². The summed E-state index contributed by atoms with van der Waals surface area (Å²) in [6.45, 7) is 4.37. The Labute approximate surface area is 131 Å². The van der Waals surface area contributed by atoms with Crippen molar-refractivity contribution in [3.63, 3.8) is 0 Å².